The highest BCUT2D eigenvalue weighted by Crippen LogP contribution is 2.23. The number of hydrogen-bond acceptors (Lipinski definition) is 0. The van der Waals surface area contributed by atoms with E-state index in [4.69, 9.17) is 0 Å². The van der Waals surface area contributed by atoms with Crippen LogP contribution in [0.4, 0.5) is 8.78 Å². The Morgan fingerprint density at radius 3 is 0.775 bits per heavy atom. The van der Waals surface area contributed by atoms with Gasteiger partial charge in [0, 0.05) is 0 Å². The van der Waals surface area contributed by atoms with E-state index in [0.29, 0.717) is 0 Å². The Labute approximate surface area is 232 Å². The lowest BCUT2D eigenvalue weighted by Crippen LogP contribution is -1.80. The summed E-state index contributed by atoms with van der Waals surface area (Å²) in [5.41, 5.74) is 6.42. The minimum Gasteiger partial charge on any atom is -0.207 e. The maximum absolute atomic E-state index is 13.1. The molecule has 0 aromatic heterocycles. The summed E-state index contributed by atoms with van der Waals surface area (Å²) in [5, 5.41) is 4.71. The summed E-state index contributed by atoms with van der Waals surface area (Å²) in [7, 11) is 0. The molecule has 0 spiro atoms. The van der Waals surface area contributed by atoms with Crippen LogP contribution in [0.2, 0.25) is 0 Å². The summed E-state index contributed by atoms with van der Waals surface area (Å²) in [6.07, 6.45) is 12.4. The topological polar surface area (TPSA) is 0 Å². The van der Waals surface area contributed by atoms with Crippen LogP contribution in [0, 0.1) is 11.6 Å². The second-order valence-corrected chi connectivity index (χ2v) is 9.84. The smallest absolute Gasteiger partial charge is 0.123 e. The number of hydrogen-bond donors (Lipinski definition) is 0. The van der Waals surface area contributed by atoms with Gasteiger partial charge < -0.3 is 0 Å². The highest BCUT2D eigenvalue weighted by atomic mass is 19.1. The maximum atomic E-state index is 13.1. The van der Waals surface area contributed by atoms with Crippen molar-refractivity contribution in [2.75, 3.05) is 0 Å². The van der Waals surface area contributed by atoms with Crippen molar-refractivity contribution in [2.24, 2.45) is 0 Å². The van der Waals surface area contributed by atoms with Crippen LogP contribution >= 0.6 is 0 Å². The Hall–Kier alpha value is -5.08. The molecule has 0 nitrogen and oxygen atoms in total. The molecule has 6 rings (SSSR count). The molecule has 0 aliphatic rings. The number of benzene rings is 6. The fraction of sp³-hybridized carbons (Fsp3) is 0. The third-order valence-corrected chi connectivity index (χ3v) is 6.92. The maximum Gasteiger partial charge on any atom is 0.123 e. The van der Waals surface area contributed by atoms with E-state index >= 15 is 0 Å². The van der Waals surface area contributed by atoms with Crippen LogP contribution < -0.4 is 0 Å². The first-order valence-corrected chi connectivity index (χ1v) is 13.2. The molecule has 0 unspecified atom stereocenters. The van der Waals surface area contributed by atoms with E-state index in [9.17, 15) is 8.78 Å². The van der Waals surface area contributed by atoms with E-state index < -0.39 is 0 Å². The van der Waals surface area contributed by atoms with Gasteiger partial charge in [-0.05, 0) is 103 Å². The van der Waals surface area contributed by atoms with Gasteiger partial charge in [-0.25, -0.2) is 8.78 Å². The lowest BCUT2D eigenvalue weighted by molar-refractivity contribution is 0.627. The Morgan fingerprint density at radius 2 is 0.500 bits per heavy atom. The summed E-state index contributed by atoms with van der Waals surface area (Å²) < 4.78 is 26.2. The second-order valence-electron chi connectivity index (χ2n) is 9.84. The number of halogens is 2. The number of fused-ring (bicyclic) bond motifs is 2. The lowest BCUT2D eigenvalue weighted by Gasteiger charge is -2.04. The van der Waals surface area contributed by atoms with Crippen molar-refractivity contribution in [3.8, 4) is 0 Å². The lowest BCUT2D eigenvalue weighted by atomic mass is 10.0. The molecule has 0 bridgehead atoms. The Kier molecular flexibility index (Phi) is 7.15. The summed E-state index contributed by atoms with van der Waals surface area (Å²) in [6, 6.07) is 38.7. The SMILES string of the molecule is Fc1ccc(/C=C/c2ccc3cc(/C=C/c4ccc5cc(/C=C/c6ccc(F)cc6)ccc5c4)ccc3c2)cc1. The van der Waals surface area contributed by atoms with E-state index in [2.05, 4.69) is 84.9 Å². The van der Waals surface area contributed by atoms with Crippen molar-refractivity contribution in [1.29, 1.82) is 0 Å². The van der Waals surface area contributed by atoms with E-state index in [1.165, 1.54) is 45.8 Å². The monoisotopic (exact) mass is 520 g/mol. The average Bonchev–Trinajstić information content (AvgIpc) is 2.99. The van der Waals surface area contributed by atoms with Crippen molar-refractivity contribution in [3.63, 3.8) is 0 Å². The first-order chi connectivity index (χ1) is 19.6. The quantitative estimate of drug-likeness (QED) is 0.192. The van der Waals surface area contributed by atoms with Crippen LogP contribution in [0.25, 0.3) is 58.0 Å². The zero-order valence-corrected chi connectivity index (χ0v) is 21.8. The first kappa shape index (κ1) is 25.2. The van der Waals surface area contributed by atoms with Crippen molar-refractivity contribution in [1.82, 2.24) is 0 Å². The van der Waals surface area contributed by atoms with Gasteiger partial charge in [-0.2, -0.15) is 0 Å². The van der Waals surface area contributed by atoms with Crippen LogP contribution in [-0.4, -0.2) is 0 Å². The van der Waals surface area contributed by atoms with Crippen molar-refractivity contribution in [3.05, 3.63) is 166 Å². The molecule has 0 amide bonds. The largest absolute Gasteiger partial charge is 0.207 e. The Morgan fingerprint density at radius 1 is 0.275 bits per heavy atom. The fourth-order valence-electron chi connectivity index (χ4n) is 4.71. The molecule has 0 atom stereocenters. The van der Waals surface area contributed by atoms with Crippen molar-refractivity contribution < 1.29 is 8.78 Å². The Balaban J connectivity index is 1.15. The molecule has 0 aliphatic heterocycles. The summed E-state index contributed by atoms with van der Waals surface area (Å²) in [5.74, 6) is -0.452. The number of rotatable bonds is 6. The molecule has 40 heavy (non-hydrogen) atoms. The van der Waals surface area contributed by atoms with E-state index in [0.717, 1.165) is 33.4 Å². The molecule has 0 aliphatic carbocycles. The molecule has 0 saturated carbocycles. The van der Waals surface area contributed by atoms with Gasteiger partial charge in [0.1, 0.15) is 11.6 Å². The minimum atomic E-state index is -0.226. The third kappa shape index (κ3) is 6.14. The molecule has 0 saturated heterocycles. The average molecular weight is 521 g/mol. The predicted molar refractivity (Wildman–Crippen MR) is 167 cm³/mol. The third-order valence-electron chi connectivity index (χ3n) is 6.92. The normalized spacial score (nSPS) is 11.9. The zero-order chi connectivity index (χ0) is 27.3. The van der Waals surface area contributed by atoms with E-state index in [1.807, 2.05) is 24.3 Å². The van der Waals surface area contributed by atoms with Gasteiger partial charge in [-0.3, -0.25) is 0 Å². The molecule has 0 N–H and O–H groups in total. The summed E-state index contributed by atoms with van der Waals surface area (Å²) >= 11 is 0. The van der Waals surface area contributed by atoms with Gasteiger partial charge in [0.25, 0.3) is 0 Å². The van der Waals surface area contributed by atoms with Crippen molar-refractivity contribution in [2.45, 2.75) is 0 Å². The minimum absolute atomic E-state index is 0.226. The highest BCUT2D eigenvalue weighted by molar-refractivity contribution is 5.91. The summed E-state index contributed by atoms with van der Waals surface area (Å²) in [4.78, 5) is 0. The zero-order valence-electron chi connectivity index (χ0n) is 21.8. The molecule has 6 aromatic carbocycles. The second kappa shape index (κ2) is 11.3. The first-order valence-electron chi connectivity index (χ1n) is 13.2. The molecule has 0 heterocycles. The fourth-order valence-corrected chi connectivity index (χ4v) is 4.71. The summed E-state index contributed by atoms with van der Waals surface area (Å²) in [6.45, 7) is 0. The van der Waals surface area contributed by atoms with Gasteiger partial charge in [0.05, 0.1) is 0 Å². The molecular formula is C38H26F2. The predicted octanol–water partition coefficient (Wildman–Crippen LogP) is 10.8. The molecule has 2 heteroatoms. The van der Waals surface area contributed by atoms with Crippen LogP contribution in [0.1, 0.15) is 33.4 Å². The van der Waals surface area contributed by atoms with Crippen LogP contribution in [-0.2, 0) is 0 Å². The van der Waals surface area contributed by atoms with Crippen LogP contribution in [0.3, 0.4) is 0 Å². The molecular weight excluding hydrogens is 494 g/mol. The van der Waals surface area contributed by atoms with Crippen LogP contribution in [0.5, 0.6) is 0 Å². The van der Waals surface area contributed by atoms with Crippen molar-refractivity contribution >= 4 is 58.0 Å². The standard InChI is InChI=1S/C38H26F2/c39-37-19-11-27(12-20-37)1-3-29-7-15-35-25-31(9-17-33(35)23-29)5-6-32-10-18-34-24-30(8-16-36(34)26-32)4-2-28-13-21-38(40)22-14-28/h1-26H/b3-1+,4-2+,6-5+. The van der Waals surface area contributed by atoms with Gasteiger partial charge in [0.15, 0.2) is 0 Å². The van der Waals surface area contributed by atoms with Crippen LogP contribution in [0.15, 0.2) is 121 Å². The highest BCUT2D eigenvalue weighted by Gasteiger charge is 1.99. The molecule has 0 radical (unpaired) electrons. The van der Waals surface area contributed by atoms with Gasteiger partial charge in [-0.1, -0.05) is 109 Å². The van der Waals surface area contributed by atoms with Gasteiger partial charge in [-0.15, -0.1) is 0 Å². The Bertz CT molecular complexity index is 1750. The molecule has 6 aromatic rings. The van der Waals surface area contributed by atoms with E-state index in [1.54, 1.807) is 24.3 Å². The molecule has 0 fully saturated rings. The van der Waals surface area contributed by atoms with Gasteiger partial charge in [0.2, 0.25) is 0 Å². The van der Waals surface area contributed by atoms with Gasteiger partial charge >= 0.3 is 0 Å². The molecule has 192 valence electrons. The van der Waals surface area contributed by atoms with E-state index in [-0.39, 0.29) is 11.6 Å².